The average Bonchev–Trinajstić information content (AvgIpc) is 2.51. The Kier molecular flexibility index (Phi) is 3.20. The molecule has 1 aliphatic rings. The number of nitrogens with zero attached hydrogens (tertiary/aromatic N) is 1. The molecule has 1 aliphatic heterocycles. The second-order valence-corrected chi connectivity index (χ2v) is 5.03. The van der Waals surface area contributed by atoms with Crippen LogP contribution in [0, 0.1) is 6.92 Å². The van der Waals surface area contributed by atoms with Crippen LogP contribution in [-0.4, -0.2) is 18.0 Å². The summed E-state index contributed by atoms with van der Waals surface area (Å²) in [4.78, 5) is 16.6. The Labute approximate surface area is 121 Å². The van der Waals surface area contributed by atoms with Crippen LogP contribution in [0.25, 0.3) is 11.1 Å². The van der Waals surface area contributed by atoms with Crippen molar-refractivity contribution in [3.63, 3.8) is 0 Å². The number of hydrogen-bond donors (Lipinski definition) is 1. The quantitative estimate of drug-likeness (QED) is 0.819. The van der Waals surface area contributed by atoms with Crippen molar-refractivity contribution >= 4 is 23.2 Å². The summed E-state index contributed by atoms with van der Waals surface area (Å²) < 4.78 is 5.34. The van der Waals surface area contributed by atoms with Crippen molar-refractivity contribution in [3.05, 3.63) is 46.7 Å². The summed E-state index contributed by atoms with van der Waals surface area (Å²) in [5.74, 6) is -0.208. The van der Waals surface area contributed by atoms with Gasteiger partial charge in [0.2, 0.25) is 0 Å². The number of aromatic nitrogens is 1. The fourth-order valence-corrected chi connectivity index (χ4v) is 2.85. The zero-order valence-corrected chi connectivity index (χ0v) is 11.9. The van der Waals surface area contributed by atoms with Crippen LogP contribution in [0.15, 0.2) is 30.3 Å². The van der Waals surface area contributed by atoms with Gasteiger partial charge in [-0.15, -0.1) is 0 Å². The number of methoxy groups -OCH3 is 1. The van der Waals surface area contributed by atoms with Gasteiger partial charge >= 0.3 is 0 Å². The fraction of sp³-hybridized carbons (Fsp3) is 0.200. The van der Waals surface area contributed by atoms with Crippen molar-refractivity contribution in [1.29, 1.82) is 0 Å². The van der Waals surface area contributed by atoms with Gasteiger partial charge in [0, 0.05) is 18.4 Å². The SMILES string of the molecule is COC1C(=O)Nc2cc(C)nc(Cl)c2-c2ccccc21. The van der Waals surface area contributed by atoms with Gasteiger partial charge in [0.1, 0.15) is 5.15 Å². The molecular weight excluding hydrogens is 276 g/mol. The topological polar surface area (TPSA) is 51.2 Å². The summed E-state index contributed by atoms with van der Waals surface area (Å²) in [6.45, 7) is 1.84. The molecule has 2 heterocycles. The number of benzene rings is 1. The van der Waals surface area contributed by atoms with Crippen LogP contribution in [0.4, 0.5) is 5.69 Å². The third-order valence-electron chi connectivity index (χ3n) is 3.35. The Balaban J connectivity index is 2.35. The molecule has 0 bridgehead atoms. The number of carbonyl (C=O) groups is 1. The average molecular weight is 289 g/mol. The smallest absolute Gasteiger partial charge is 0.258 e. The summed E-state index contributed by atoms with van der Waals surface area (Å²) in [7, 11) is 1.52. The van der Waals surface area contributed by atoms with Crippen molar-refractivity contribution in [2.45, 2.75) is 13.0 Å². The third kappa shape index (κ3) is 1.97. The van der Waals surface area contributed by atoms with Gasteiger partial charge < -0.3 is 10.1 Å². The second-order valence-electron chi connectivity index (χ2n) is 4.67. The van der Waals surface area contributed by atoms with E-state index in [1.807, 2.05) is 37.3 Å². The molecule has 20 heavy (non-hydrogen) atoms. The number of amides is 1. The highest BCUT2D eigenvalue weighted by molar-refractivity contribution is 6.33. The van der Waals surface area contributed by atoms with Crippen LogP contribution < -0.4 is 5.32 Å². The molecule has 0 saturated heterocycles. The Morgan fingerprint density at radius 2 is 2.10 bits per heavy atom. The Morgan fingerprint density at radius 1 is 1.35 bits per heavy atom. The van der Waals surface area contributed by atoms with Gasteiger partial charge in [-0.1, -0.05) is 35.9 Å². The molecule has 1 atom stereocenters. The maximum Gasteiger partial charge on any atom is 0.258 e. The van der Waals surface area contributed by atoms with Crippen molar-refractivity contribution in [2.75, 3.05) is 12.4 Å². The number of anilines is 1. The molecule has 3 rings (SSSR count). The maximum absolute atomic E-state index is 12.3. The summed E-state index contributed by atoms with van der Waals surface area (Å²) >= 11 is 6.28. The zero-order valence-electron chi connectivity index (χ0n) is 11.1. The molecule has 1 amide bonds. The van der Waals surface area contributed by atoms with Crippen molar-refractivity contribution in [2.24, 2.45) is 0 Å². The molecule has 1 aromatic carbocycles. The van der Waals surface area contributed by atoms with Crippen LogP contribution in [0.5, 0.6) is 0 Å². The third-order valence-corrected chi connectivity index (χ3v) is 3.62. The first-order valence-corrected chi connectivity index (χ1v) is 6.59. The first-order valence-electron chi connectivity index (χ1n) is 6.22. The number of carbonyl (C=O) groups excluding carboxylic acids is 1. The molecule has 0 saturated carbocycles. The van der Waals surface area contributed by atoms with Crippen LogP contribution in [0.3, 0.4) is 0 Å². The monoisotopic (exact) mass is 288 g/mol. The second kappa shape index (κ2) is 4.89. The van der Waals surface area contributed by atoms with E-state index in [0.29, 0.717) is 10.8 Å². The molecule has 1 N–H and O–H groups in total. The molecule has 1 unspecified atom stereocenters. The van der Waals surface area contributed by atoms with Crippen molar-refractivity contribution < 1.29 is 9.53 Å². The van der Waals surface area contributed by atoms with Gasteiger partial charge in [-0.2, -0.15) is 0 Å². The summed E-state index contributed by atoms with van der Waals surface area (Å²) in [5.41, 5.74) is 3.81. The maximum atomic E-state index is 12.3. The first kappa shape index (κ1) is 13.1. The summed E-state index contributed by atoms with van der Waals surface area (Å²) in [5, 5.41) is 3.24. The molecule has 0 spiro atoms. The number of halogens is 1. The van der Waals surface area contributed by atoms with Gasteiger partial charge in [0.25, 0.3) is 5.91 Å². The lowest BCUT2D eigenvalue weighted by atomic mass is 9.97. The van der Waals surface area contributed by atoms with Gasteiger partial charge in [0.15, 0.2) is 6.10 Å². The Bertz CT molecular complexity index is 700. The molecule has 102 valence electrons. The number of fused-ring (bicyclic) bond motifs is 3. The fourth-order valence-electron chi connectivity index (χ4n) is 2.52. The zero-order chi connectivity index (χ0) is 14.3. The minimum absolute atomic E-state index is 0.208. The van der Waals surface area contributed by atoms with Crippen LogP contribution in [0.1, 0.15) is 17.4 Å². The minimum Gasteiger partial charge on any atom is -0.367 e. The van der Waals surface area contributed by atoms with E-state index in [2.05, 4.69) is 10.3 Å². The van der Waals surface area contributed by atoms with E-state index >= 15 is 0 Å². The predicted molar refractivity (Wildman–Crippen MR) is 77.8 cm³/mol. The van der Waals surface area contributed by atoms with Gasteiger partial charge in [0.05, 0.1) is 5.69 Å². The lowest BCUT2D eigenvalue weighted by Crippen LogP contribution is -2.21. The van der Waals surface area contributed by atoms with E-state index in [0.717, 1.165) is 22.4 Å². The number of rotatable bonds is 1. The number of pyridine rings is 1. The Hall–Kier alpha value is -1.91. The normalized spacial score (nSPS) is 16.9. The molecule has 4 nitrogen and oxygen atoms in total. The van der Waals surface area contributed by atoms with E-state index in [-0.39, 0.29) is 5.91 Å². The first-order chi connectivity index (χ1) is 9.61. The number of hydrogen-bond acceptors (Lipinski definition) is 3. The van der Waals surface area contributed by atoms with Crippen molar-refractivity contribution in [1.82, 2.24) is 4.98 Å². The molecule has 5 heteroatoms. The van der Waals surface area contributed by atoms with E-state index < -0.39 is 6.10 Å². The van der Waals surface area contributed by atoms with Crippen LogP contribution in [-0.2, 0) is 9.53 Å². The summed E-state index contributed by atoms with van der Waals surface area (Å²) in [6.07, 6.45) is -0.657. The Morgan fingerprint density at radius 3 is 2.85 bits per heavy atom. The highest BCUT2D eigenvalue weighted by Gasteiger charge is 2.29. The predicted octanol–water partition coefficient (Wildman–Crippen LogP) is 3.35. The minimum atomic E-state index is -0.657. The van der Waals surface area contributed by atoms with Gasteiger partial charge in [-0.05, 0) is 24.1 Å². The van der Waals surface area contributed by atoms with Gasteiger partial charge in [-0.25, -0.2) is 4.98 Å². The number of ether oxygens (including phenoxy) is 1. The van der Waals surface area contributed by atoms with Crippen molar-refractivity contribution in [3.8, 4) is 11.1 Å². The van der Waals surface area contributed by atoms with E-state index in [1.54, 1.807) is 0 Å². The van der Waals surface area contributed by atoms with Gasteiger partial charge in [-0.3, -0.25) is 4.79 Å². The molecule has 0 radical (unpaired) electrons. The highest BCUT2D eigenvalue weighted by Crippen LogP contribution is 2.41. The molecule has 0 aliphatic carbocycles. The molecule has 2 aromatic rings. The molecular formula is C15H13ClN2O2. The lowest BCUT2D eigenvalue weighted by molar-refractivity contribution is -0.125. The number of aryl methyl sites for hydroxylation is 1. The molecule has 1 aromatic heterocycles. The van der Waals surface area contributed by atoms with E-state index in [4.69, 9.17) is 16.3 Å². The van der Waals surface area contributed by atoms with Crippen LogP contribution in [0.2, 0.25) is 5.15 Å². The van der Waals surface area contributed by atoms with Crippen LogP contribution >= 0.6 is 11.6 Å². The lowest BCUT2D eigenvalue weighted by Gasteiger charge is -2.14. The molecule has 0 fully saturated rings. The van der Waals surface area contributed by atoms with E-state index in [1.165, 1.54) is 7.11 Å². The standard InChI is InChI=1S/C15H13ClN2O2/c1-8-7-11-12(14(16)17-8)9-5-3-4-6-10(9)13(20-2)15(19)18-11/h3-7,13H,1-2H3,(H,18,19). The largest absolute Gasteiger partial charge is 0.367 e. The highest BCUT2D eigenvalue weighted by atomic mass is 35.5. The summed E-state index contributed by atoms with van der Waals surface area (Å²) in [6, 6.07) is 9.38. The van der Waals surface area contributed by atoms with E-state index in [9.17, 15) is 4.79 Å². The number of nitrogens with one attached hydrogen (secondary N) is 1.